The molecule has 3 rings (SSSR count). The summed E-state index contributed by atoms with van der Waals surface area (Å²) in [5.41, 5.74) is 0.819. The number of nitrogens with zero attached hydrogens (tertiary/aromatic N) is 5. The Labute approximate surface area is 141 Å². The maximum atomic E-state index is 12.4. The van der Waals surface area contributed by atoms with Crippen LogP contribution in [0.5, 0.6) is 0 Å². The van der Waals surface area contributed by atoms with Crippen LogP contribution in [0.25, 0.3) is 5.69 Å². The van der Waals surface area contributed by atoms with Crippen LogP contribution in [-0.4, -0.2) is 36.1 Å². The molecule has 3 aromatic rings. The lowest BCUT2D eigenvalue weighted by molar-refractivity contribution is 0.0931. The highest BCUT2D eigenvalue weighted by Gasteiger charge is 2.17. The van der Waals surface area contributed by atoms with Gasteiger partial charge in [-0.3, -0.25) is 4.79 Å². The minimum atomic E-state index is -0.342. The highest BCUT2D eigenvalue weighted by Crippen LogP contribution is 2.04. The molecule has 1 atom stereocenters. The summed E-state index contributed by atoms with van der Waals surface area (Å²) in [5.74, 6) is -0.209. The Morgan fingerprint density at radius 1 is 1.29 bits per heavy atom. The van der Waals surface area contributed by atoms with E-state index in [4.69, 9.17) is 0 Å². The van der Waals surface area contributed by atoms with Gasteiger partial charge >= 0.3 is 5.69 Å². The molecule has 0 bridgehead atoms. The second kappa shape index (κ2) is 7.18. The van der Waals surface area contributed by atoms with Crippen LogP contribution in [-0.2, 0) is 6.54 Å². The fraction of sp³-hybridized carbons (Fsp3) is 0.267. The van der Waals surface area contributed by atoms with Crippen LogP contribution in [0.1, 0.15) is 23.7 Å². The van der Waals surface area contributed by atoms with Gasteiger partial charge in [0.2, 0.25) is 0 Å². The van der Waals surface area contributed by atoms with E-state index in [9.17, 15) is 9.59 Å². The molecule has 1 aromatic carbocycles. The van der Waals surface area contributed by atoms with Gasteiger partial charge in [0, 0.05) is 11.4 Å². The third-order valence-electron chi connectivity index (χ3n) is 3.56. The number of hydrogen-bond donors (Lipinski definition) is 1. The number of para-hydroxylation sites is 1. The Morgan fingerprint density at radius 3 is 2.75 bits per heavy atom. The van der Waals surface area contributed by atoms with Crippen molar-refractivity contribution in [3.8, 4) is 5.69 Å². The first-order valence-electron chi connectivity index (χ1n) is 7.47. The lowest BCUT2D eigenvalue weighted by atomic mass is 10.2. The smallest absolute Gasteiger partial charge is 0.347 e. The van der Waals surface area contributed by atoms with Gasteiger partial charge in [-0.05, 0) is 40.5 Å². The van der Waals surface area contributed by atoms with E-state index in [1.165, 1.54) is 27.1 Å². The van der Waals surface area contributed by atoms with Crippen molar-refractivity contribution in [1.82, 2.24) is 29.5 Å². The largest absolute Gasteiger partial charge is 0.368 e. The van der Waals surface area contributed by atoms with Gasteiger partial charge in [-0.15, -0.1) is 0 Å². The highest BCUT2D eigenvalue weighted by atomic mass is 32.1. The van der Waals surface area contributed by atoms with E-state index >= 15 is 0 Å². The van der Waals surface area contributed by atoms with Crippen molar-refractivity contribution in [3.05, 3.63) is 58.0 Å². The molecule has 0 fully saturated rings. The van der Waals surface area contributed by atoms with Crippen LogP contribution in [0, 0.1) is 0 Å². The molecule has 2 aromatic heterocycles. The number of benzene rings is 1. The predicted molar refractivity (Wildman–Crippen MR) is 89.3 cm³/mol. The van der Waals surface area contributed by atoms with Gasteiger partial charge in [-0.25, -0.2) is 9.17 Å². The molecule has 24 heavy (non-hydrogen) atoms. The predicted octanol–water partition coefficient (Wildman–Crippen LogP) is 1.09. The topological polar surface area (TPSA) is 94.7 Å². The normalized spacial score (nSPS) is 12.0. The summed E-state index contributed by atoms with van der Waals surface area (Å²) in [4.78, 5) is 24.5. The Hall–Kier alpha value is -2.81. The van der Waals surface area contributed by atoms with Crippen LogP contribution in [0.2, 0.25) is 0 Å². The summed E-state index contributed by atoms with van der Waals surface area (Å²) in [6, 6.07) is 8.85. The zero-order chi connectivity index (χ0) is 16.9. The molecule has 0 spiro atoms. The molecule has 124 valence electrons. The van der Waals surface area contributed by atoms with Crippen LogP contribution in [0.15, 0.2) is 46.7 Å². The van der Waals surface area contributed by atoms with E-state index in [2.05, 4.69) is 20.1 Å². The Kier molecular flexibility index (Phi) is 4.80. The van der Waals surface area contributed by atoms with E-state index in [1.54, 1.807) is 17.5 Å². The molecule has 0 saturated carbocycles. The number of hydrogen-bond acceptors (Lipinski definition) is 6. The molecule has 0 aliphatic heterocycles. The fourth-order valence-electron chi connectivity index (χ4n) is 2.19. The van der Waals surface area contributed by atoms with E-state index in [-0.39, 0.29) is 24.2 Å². The number of amides is 1. The van der Waals surface area contributed by atoms with Crippen LogP contribution in [0.4, 0.5) is 0 Å². The molecule has 1 N–H and O–H groups in total. The monoisotopic (exact) mass is 344 g/mol. The average Bonchev–Trinajstić information content (AvgIpc) is 3.26. The summed E-state index contributed by atoms with van der Waals surface area (Å²) in [6.07, 6.45) is 2.18. The van der Waals surface area contributed by atoms with Crippen molar-refractivity contribution in [1.29, 1.82) is 0 Å². The van der Waals surface area contributed by atoms with Crippen molar-refractivity contribution in [2.75, 3.05) is 0 Å². The lowest BCUT2D eigenvalue weighted by Gasteiger charge is -2.15. The maximum absolute atomic E-state index is 12.4. The Morgan fingerprint density at radius 2 is 2.08 bits per heavy atom. The summed E-state index contributed by atoms with van der Waals surface area (Å²) in [6.45, 7) is 2.19. The second-order valence-corrected chi connectivity index (χ2v) is 5.84. The number of carbonyl (C=O) groups excluding carboxylic acids is 1. The van der Waals surface area contributed by atoms with Crippen molar-refractivity contribution in [2.24, 2.45) is 0 Å². The Balaban J connectivity index is 1.74. The van der Waals surface area contributed by atoms with Gasteiger partial charge in [0.05, 0.1) is 24.0 Å². The minimum absolute atomic E-state index is 0.209. The van der Waals surface area contributed by atoms with Gasteiger partial charge in [-0.1, -0.05) is 25.1 Å². The summed E-state index contributed by atoms with van der Waals surface area (Å²) in [5, 5.41) is 12.4. The number of aromatic nitrogens is 5. The molecule has 2 heterocycles. The average molecular weight is 344 g/mol. The third-order valence-corrected chi connectivity index (χ3v) is 4.14. The van der Waals surface area contributed by atoms with Crippen molar-refractivity contribution < 1.29 is 4.79 Å². The van der Waals surface area contributed by atoms with E-state index in [1.807, 2.05) is 25.1 Å². The second-order valence-electron chi connectivity index (χ2n) is 5.18. The maximum Gasteiger partial charge on any atom is 0.368 e. The number of nitrogens with one attached hydrogen (secondary N) is 1. The van der Waals surface area contributed by atoms with E-state index in [0.717, 1.165) is 0 Å². The molecule has 8 nitrogen and oxygen atoms in total. The van der Waals surface area contributed by atoms with Gasteiger partial charge in [-0.2, -0.15) is 9.36 Å². The fourth-order valence-corrected chi connectivity index (χ4v) is 2.71. The molecule has 0 aliphatic carbocycles. The zero-order valence-corrected chi connectivity index (χ0v) is 13.8. The molecule has 0 saturated heterocycles. The molecule has 9 heteroatoms. The zero-order valence-electron chi connectivity index (χ0n) is 13.0. The number of carbonyl (C=O) groups is 1. The standard InChI is InChI=1S/C15H16N6O2S/c1-2-12(17-14(22)11-8-16-24-10-11)9-20-15(23)21(19-18-20)13-6-4-3-5-7-13/h3-8,10,12H,2,9H2,1H3,(H,17,22)/t12-/m1/s1. The van der Waals surface area contributed by atoms with Gasteiger partial charge in [0.15, 0.2) is 0 Å². The van der Waals surface area contributed by atoms with E-state index < -0.39 is 0 Å². The lowest BCUT2D eigenvalue weighted by Crippen LogP contribution is -2.40. The number of rotatable bonds is 6. The summed E-state index contributed by atoms with van der Waals surface area (Å²) >= 11 is 1.22. The highest BCUT2D eigenvalue weighted by molar-refractivity contribution is 7.03. The molecule has 0 unspecified atom stereocenters. The van der Waals surface area contributed by atoms with Crippen LogP contribution >= 0.6 is 11.5 Å². The first-order valence-corrected chi connectivity index (χ1v) is 8.31. The van der Waals surface area contributed by atoms with Crippen molar-refractivity contribution >= 4 is 17.4 Å². The summed E-state index contributed by atoms with van der Waals surface area (Å²) in [7, 11) is 0. The molecule has 0 aliphatic rings. The van der Waals surface area contributed by atoms with Crippen LogP contribution < -0.4 is 11.0 Å². The number of tetrazole rings is 1. The first-order chi connectivity index (χ1) is 11.7. The Bertz CT molecular complexity index is 856. The molecular formula is C15H16N6O2S. The van der Waals surface area contributed by atoms with Crippen LogP contribution in [0.3, 0.4) is 0 Å². The summed E-state index contributed by atoms with van der Waals surface area (Å²) < 4.78 is 6.40. The van der Waals surface area contributed by atoms with Gasteiger partial charge in [0.25, 0.3) is 5.91 Å². The van der Waals surface area contributed by atoms with Crippen molar-refractivity contribution in [3.63, 3.8) is 0 Å². The minimum Gasteiger partial charge on any atom is -0.347 e. The molecular weight excluding hydrogens is 328 g/mol. The van der Waals surface area contributed by atoms with E-state index in [0.29, 0.717) is 17.7 Å². The third kappa shape index (κ3) is 3.40. The molecule has 0 radical (unpaired) electrons. The molecule has 1 amide bonds. The van der Waals surface area contributed by atoms with Crippen molar-refractivity contribution in [2.45, 2.75) is 25.9 Å². The SMILES string of the molecule is CC[C@H](Cn1nnn(-c2ccccc2)c1=O)NC(=O)c1cnsc1. The van der Waals surface area contributed by atoms with Gasteiger partial charge in [0.1, 0.15) is 0 Å². The van der Waals surface area contributed by atoms with Gasteiger partial charge < -0.3 is 5.32 Å². The first kappa shape index (κ1) is 16.1. The quantitative estimate of drug-likeness (QED) is 0.722.